The molecule has 1 unspecified atom stereocenters. The number of hydrogen-bond donors (Lipinski definition) is 2. The average Bonchev–Trinajstić information content (AvgIpc) is 2.44. The Morgan fingerprint density at radius 3 is 2.62 bits per heavy atom. The lowest BCUT2D eigenvalue weighted by molar-refractivity contribution is -0.120. The molecule has 1 rings (SSSR count). The van der Waals surface area contributed by atoms with Gasteiger partial charge in [0.2, 0.25) is 5.91 Å². The fraction of sp³-hybridized carbons (Fsp3) is 0.562. The molecule has 1 aromatic carbocycles. The smallest absolute Gasteiger partial charge is 0.241 e. The number of nitrogen functional groups attached to an aromatic ring is 1. The maximum Gasteiger partial charge on any atom is 0.241 e. The number of anilines is 2. The van der Waals surface area contributed by atoms with Gasteiger partial charge in [-0.2, -0.15) is 0 Å². The quantitative estimate of drug-likeness (QED) is 0.758. The summed E-state index contributed by atoms with van der Waals surface area (Å²) in [5.41, 5.74) is 6.95. The Kier molecular flexibility index (Phi) is 6.49. The zero-order chi connectivity index (χ0) is 16.0. The number of nitrogens with one attached hydrogen (secondary N) is 1. The van der Waals surface area contributed by atoms with Crippen molar-refractivity contribution in [2.75, 3.05) is 31.8 Å². The van der Waals surface area contributed by atoms with Gasteiger partial charge in [-0.3, -0.25) is 9.69 Å². The van der Waals surface area contributed by atoms with Gasteiger partial charge in [0.15, 0.2) is 0 Å². The molecule has 0 fully saturated rings. The number of rotatable bonds is 7. The van der Waals surface area contributed by atoms with E-state index in [4.69, 9.17) is 10.5 Å². The number of amides is 1. The Morgan fingerprint density at radius 2 is 2.05 bits per heavy atom. The van der Waals surface area contributed by atoms with Crippen molar-refractivity contribution >= 4 is 17.3 Å². The third kappa shape index (κ3) is 5.27. The van der Waals surface area contributed by atoms with Gasteiger partial charge in [-0.15, -0.1) is 0 Å². The second-order valence-electron chi connectivity index (χ2n) is 5.79. The van der Waals surface area contributed by atoms with E-state index in [1.807, 2.05) is 18.9 Å². The first-order valence-corrected chi connectivity index (χ1v) is 7.29. The van der Waals surface area contributed by atoms with Gasteiger partial charge in [-0.1, -0.05) is 13.8 Å². The predicted molar refractivity (Wildman–Crippen MR) is 87.6 cm³/mol. The van der Waals surface area contributed by atoms with Crippen LogP contribution >= 0.6 is 0 Å². The van der Waals surface area contributed by atoms with Crippen molar-refractivity contribution in [3.05, 3.63) is 18.2 Å². The molecule has 1 amide bonds. The molecule has 0 aliphatic rings. The molecule has 118 valence electrons. The first kappa shape index (κ1) is 17.3. The van der Waals surface area contributed by atoms with Crippen LogP contribution in [0.3, 0.4) is 0 Å². The molecule has 0 aromatic heterocycles. The third-order valence-electron chi connectivity index (χ3n) is 3.58. The van der Waals surface area contributed by atoms with Gasteiger partial charge < -0.3 is 15.8 Å². The SMILES string of the molecule is COc1ccc(N)cc1NC(=O)C(C)N(C)CCC(C)C. The molecule has 3 N–H and O–H groups in total. The van der Waals surface area contributed by atoms with Crippen LogP contribution in [0.5, 0.6) is 5.75 Å². The van der Waals surface area contributed by atoms with Crippen LogP contribution in [0.4, 0.5) is 11.4 Å². The minimum atomic E-state index is -0.213. The van der Waals surface area contributed by atoms with E-state index in [2.05, 4.69) is 19.2 Å². The highest BCUT2D eigenvalue weighted by Crippen LogP contribution is 2.26. The van der Waals surface area contributed by atoms with Gasteiger partial charge in [-0.05, 0) is 51.1 Å². The molecule has 0 spiro atoms. The van der Waals surface area contributed by atoms with Crippen LogP contribution in [-0.2, 0) is 4.79 Å². The van der Waals surface area contributed by atoms with E-state index in [9.17, 15) is 4.79 Å². The van der Waals surface area contributed by atoms with Gasteiger partial charge in [0.1, 0.15) is 5.75 Å². The molecule has 1 aromatic rings. The standard InChI is InChI=1S/C16H27N3O2/c1-11(2)8-9-19(4)12(3)16(20)18-14-10-13(17)6-7-15(14)21-5/h6-7,10-12H,8-9,17H2,1-5H3,(H,18,20). The number of likely N-dealkylation sites (N-methyl/N-ethyl adjacent to an activating group) is 1. The Labute approximate surface area is 127 Å². The van der Waals surface area contributed by atoms with E-state index in [0.29, 0.717) is 23.0 Å². The first-order chi connectivity index (χ1) is 9.85. The number of hydrogen-bond acceptors (Lipinski definition) is 4. The van der Waals surface area contributed by atoms with Crippen molar-refractivity contribution in [3.63, 3.8) is 0 Å². The Hall–Kier alpha value is -1.75. The molecule has 21 heavy (non-hydrogen) atoms. The number of ether oxygens (including phenoxy) is 1. The fourth-order valence-electron chi connectivity index (χ4n) is 1.92. The third-order valence-corrected chi connectivity index (χ3v) is 3.58. The zero-order valence-corrected chi connectivity index (χ0v) is 13.6. The summed E-state index contributed by atoms with van der Waals surface area (Å²) >= 11 is 0. The molecular weight excluding hydrogens is 266 g/mol. The summed E-state index contributed by atoms with van der Waals surface area (Å²) in [7, 11) is 3.53. The summed E-state index contributed by atoms with van der Waals surface area (Å²) in [5.74, 6) is 1.16. The van der Waals surface area contributed by atoms with E-state index < -0.39 is 0 Å². The lowest BCUT2D eigenvalue weighted by atomic mass is 10.1. The van der Waals surface area contributed by atoms with E-state index in [0.717, 1.165) is 13.0 Å². The first-order valence-electron chi connectivity index (χ1n) is 7.29. The normalized spacial score (nSPS) is 12.5. The molecule has 0 aliphatic carbocycles. The number of nitrogens with zero attached hydrogens (tertiary/aromatic N) is 1. The molecule has 0 aliphatic heterocycles. The summed E-state index contributed by atoms with van der Waals surface area (Å²) in [6, 6.07) is 4.98. The van der Waals surface area contributed by atoms with Crippen molar-refractivity contribution in [3.8, 4) is 5.75 Å². The second-order valence-corrected chi connectivity index (χ2v) is 5.79. The van der Waals surface area contributed by atoms with Crippen LogP contribution in [0.1, 0.15) is 27.2 Å². The largest absolute Gasteiger partial charge is 0.495 e. The van der Waals surface area contributed by atoms with Crippen molar-refractivity contribution in [2.24, 2.45) is 5.92 Å². The van der Waals surface area contributed by atoms with E-state index in [1.165, 1.54) is 0 Å². The average molecular weight is 293 g/mol. The monoisotopic (exact) mass is 293 g/mol. The van der Waals surface area contributed by atoms with Gasteiger partial charge in [0, 0.05) is 5.69 Å². The summed E-state index contributed by atoms with van der Waals surface area (Å²) in [6.45, 7) is 7.14. The van der Waals surface area contributed by atoms with Crippen LogP contribution in [-0.4, -0.2) is 37.6 Å². The van der Waals surface area contributed by atoms with E-state index in [1.54, 1.807) is 25.3 Å². The Balaban J connectivity index is 2.69. The summed E-state index contributed by atoms with van der Waals surface area (Å²) in [4.78, 5) is 14.4. The molecular formula is C16H27N3O2. The van der Waals surface area contributed by atoms with Crippen LogP contribution in [0.25, 0.3) is 0 Å². The molecule has 0 bridgehead atoms. The van der Waals surface area contributed by atoms with Crippen LogP contribution in [0.2, 0.25) is 0 Å². The maximum absolute atomic E-state index is 12.3. The number of carbonyl (C=O) groups excluding carboxylic acids is 1. The highest BCUT2D eigenvalue weighted by molar-refractivity contribution is 5.96. The van der Waals surface area contributed by atoms with Crippen molar-refractivity contribution in [2.45, 2.75) is 33.2 Å². The molecule has 0 saturated heterocycles. The highest BCUT2D eigenvalue weighted by atomic mass is 16.5. The molecule has 0 heterocycles. The second kappa shape index (κ2) is 7.88. The highest BCUT2D eigenvalue weighted by Gasteiger charge is 2.19. The topological polar surface area (TPSA) is 67.6 Å². The minimum Gasteiger partial charge on any atom is -0.495 e. The van der Waals surface area contributed by atoms with Crippen molar-refractivity contribution in [1.82, 2.24) is 4.90 Å². The van der Waals surface area contributed by atoms with Crippen molar-refractivity contribution in [1.29, 1.82) is 0 Å². The number of methoxy groups -OCH3 is 1. The number of benzene rings is 1. The molecule has 0 saturated carbocycles. The van der Waals surface area contributed by atoms with Gasteiger partial charge in [-0.25, -0.2) is 0 Å². The van der Waals surface area contributed by atoms with Crippen LogP contribution in [0, 0.1) is 5.92 Å². The van der Waals surface area contributed by atoms with Crippen molar-refractivity contribution < 1.29 is 9.53 Å². The van der Waals surface area contributed by atoms with Gasteiger partial charge in [0.25, 0.3) is 0 Å². The molecule has 5 heteroatoms. The lowest BCUT2D eigenvalue weighted by Crippen LogP contribution is -2.40. The lowest BCUT2D eigenvalue weighted by Gasteiger charge is -2.25. The Morgan fingerprint density at radius 1 is 1.38 bits per heavy atom. The van der Waals surface area contributed by atoms with Gasteiger partial charge >= 0.3 is 0 Å². The minimum absolute atomic E-state index is 0.0647. The number of nitrogens with two attached hydrogens (primary N) is 1. The molecule has 5 nitrogen and oxygen atoms in total. The maximum atomic E-state index is 12.3. The van der Waals surface area contributed by atoms with Crippen LogP contribution in [0.15, 0.2) is 18.2 Å². The Bertz CT molecular complexity index is 475. The molecule has 0 radical (unpaired) electrons. The summed E-state index contributed by atoms with van der Waals surface area (Å²) in [6.07, 6.45) is 1.07. The van der Waals surface area contributed by atoms with Gasteiger partial charge in [0.05, 0.1) is 18.8 Å². The predicted octanol–water partition coefficient (Wildman–Crippen LogP) is 2.58. The summed E-state index contributed by atoms with van der Waals surface area (Å²) < 4.78 is 5.24. The zero-order valence-electron chi connectivity index (χ0n) is 13.6. The number of carbonyl (C=O) groups is 1. The summed E-state index contributed by atoms with van der Waals surface area (Å²) in [5, 5.41) is 2.88. The molecule has 1 atom stereocenters. The van der Waals surface area contributed by atoms with Crippen LogP contribution < -0.4 is 15.8 Å². The van der Waals surface area contributed by atoms with E-state index in [-0.39, 0.29) is 11.9 Å². The van der Waals surface area contributed by atoms with E-state index >= 15 is 0 Å². The fourth-order valence-corrected chi connectivity index (χ4v) is 1.92.